The van der Waals surface area contributed by atoms with Crippen LogP contribution in [0, 0.1) is 5.82 Å². The number of carbonyl (C=O) groups is 1. The lowest BCUT2D eigenvalue weighted by atomic mass is 9.92. The highest BCUT2D eigenvalue weighted by Gasteiger charge is 2.39. The third-order valence-electron chi connectivity index (χ3n) is 6.83. The van der Waals surface area contributed by atoms with Crippen molar-refractivity contribution in [2.75, 3.05) is 36.8 Å². The molecule has 5 rings (SSSR count). The van der Waals surface area contributed by atoms with Gasteiger partial charge < -0.3 is 20.6 Å². The maximum absolute atomic E-state index is 13.2. The number of halogens is 1. The Morgan fingerprint density at radius 2 is 1.61 bits per heavy atom. The number of amides is 1. The molecule has 1 amide bonds. The fraction of sp³-hybridized carbons (Fsp3) is 0.346. The first kappa shape index (κ1) is 26.0. The monoisotopic (exact) mass is 540 g/mol. The van der Waals surface area contributed by atoms with E-state index >= 15 is 0 Å². The molecule has 2 aromatic carbocycles. The molecule has 0 radical (unpaired) electrons. The predicted octanol–water partition coefficient (Wildman–Crippen LogP) is 3.24. The molecule has 38 heavy (non-hydrogen) atoms. The van der Waals surface area contributed by atoms with Crippen molar-refractivity contribution in [3.63, 3.8) is 0 Å². The molecule has 0 saturated carbocycles. The van der Waals surface area contributed by atoms with Crippen molar-refractivity contribution in [1.82, 2.24) is 19.2 Å². The molecule has 0 atom stereocenters. The number of sulfonamides is 1. The van der Waals surface area contributed by atoms with Gasteiger partial charge in [-0.25, -0.2) is 17.8 Å². The Bertz CT molecular complexity index is 1390. The van der Waals surface area contributed by atoms with Gasteiger partial charge in [-0.2, -0.15) is 9.29 Å². The van der Waals surface area contributed by atoms with Gasteiger partial charge >= 0.3 is 0 Å². The van der Waals surface area contributed by atoms with Crippen molar-refractivity contribution in [1.29, 1.82) is 0 Å². The van der Waals surface area contributed by atoms with E-state index in [4.69, 9.17) is 0 Å². The molecule has 3 N–H and O–H groups in total. The van der Waals surface area contributed by atoms with Crippen LogP contribution in [0.3, 0.4) is 0 Å². The number of benzene rings is 2. The van der Waals surface area contributed by atoms with Gasteiger partial charge in [0, 0.05) is 50.2 Å². The van der Waals surface area contributed by atoms with Gasteiger partial charge in [-0.3, -0.25) is 4.79 Å². The topological polar surface area (TPSA) is 128 Å². The van der Waals surface area contributed by atoms with Gasteiger partial charge in [0.1, 0.15) is 11.6 Å². The molecule has 12 heteroatoms. The quantitative estimate of drug-likeness (QED) is 0.397. The molecule has 0 unspecified atom stereocenters. The number of carbonyl (C=O) groups excluding carboxylic acids is 1. The van der Waals surface area contributed by atoms with E-state index in [0.717, 1.165) is 6.42 Å². The van der Waals surface area contributed by atoms with Crippen LogP contribution in [-0.2, 0) is 14.8 Å². The maximum Gasteiger partial charge on any atom is 0.243 e. The van der Waals surface area contributed by atoms with Crippen molar-refractivity contribution in [2.45, 2.75) is 36.2 Å². The summed E-state index contributed by atoms with van der Waals surface area (Å²) < 4.78 is 40.9. The number of piperidine rings is 1. The predicted molar refractivity (Wildman–Crippen MR) is 140 cm³/mol. The number of anilines is 4. The van der Waals surface area contributed by atoms with Gasteiger partial charge in [-0.15, -0.1) is 0 Å². The SMILES string of the molecule is O=C1CCCN1CC1(O)CCN(S(=O)(=O)c2ccc(Nc3nccc(Nc4ccc(F)cc4)n3)cc2)CC1. The van der Waals surface area contributed by atoms with Crippen LogP contribution in [0.4, 0.5) is 27.5 Å². The molecule has 2 saturated heterocycles. The van der Waals surface area contributed by atoms with E-state index in [9.17, 15) is 22.7 Å². The fourth-order valence-electron chi connectivity index (χ4n) is 4.69. The second kappa shape index (κ2) is 10.6. The van der Waals surface area contributed by atoms with Crippen LogP contribution in [0.25, 0.3) is 0 Å². The maximum atomic E-state index is 13.2. The normalized spacial score (nSPS) is 17.9. The number of rotatable bonds is 8. The zero-order valence-corrected chi connectivity index (χ0v) is 21.5. The van der Waals surface area contributed by atoms with Crippen molar-refractivity contribution in [2.24, 2.45) is 0 Å². The Labute approximate surface area is 220 Å². The summed E-state index contributed by atoms with van der Waals surface area (Å²) in [4.78, 5) is 22.3. The van der Waals surface area contributed by atoms with E-state index in [-0.39, 0.29) is 49.1 Å². The number of hydrogen-bond donors (Lipinski definition) is 3. The van der Waals surface area contributed by atoms with E-state index in [1.807, 2.05) is 0 Å². The van der Waals surface area contributed by atoms with Gasteiger partial charge in [0.2, 0.25) is 21.9 Å². The summed E-state index contributed by atoms with van der Waals surface area (Å²) in [6.45, 7) is 1.26. The van der Waals surface area contributed by atoms with E-state index < -0.39 is 15.6 Å². The summed E-state index contributed by atoms with van der Waals surface area (Å²) in [6.07, 6.45) is 3.42. The molecule has 0 aliphatic carbocycles. The van der Waals surface area contributed by atoms with Crippen LogP contribution in [-0.4, -0.2) is 70.4 Å². The number of β-amino-alcohol motifs (C(OH)–C–C–N with tert-alkyl or cyclic N) is 1. The number of nitrogens with zero attached hydrogens (tertiary/aromatic N) is 4. The third kappa shape index (κ3) is 5.93. The number of hydrogen-bond acceptors (Lipinski definition) is 8. The zero-order chi connectivity index (χ0) is 26.8. The summed E-state index contributed by atoms with van der Waals surface area (Å²) in [5.41, 5.74) is 0.206. The minimum absolute atomic E-state index is 0.0449. The fourth-order valence-corrected chi connectivity index (χ4v) is 6.13. The Balaban J connectivity index is 1.19. The first-order chi connectivity index (χ1) is 18.2. The van der Waals surface area contributed by atoms with Crippen LogP contribution in [0.15, 0.2) is 65.7 Å². The van der Waals surface area contributed by atoms with Gasteiger partial charge in [-0.05, 0) is 73.9 Å². The Kier molecular flexibility index (Phi) is 7.28. The highest BCUT2D eigenvalue weighted by Crippen LogP contribution is 2.29. The molecule has 10 nitrogen and oxygen atoms in total. The largest absolute Gasteiger partial charge is 0.388 e. The minimum Gasteiger partial charge on any atom is -0.388 e. The number of nitrogens with one attached hydrogen (secondary N) is 2. The molecule has 0 spiro atoms. The molecule has 2 fully saturated rings. The highest BCUT2D eigenvalue weighted by atomic mass is 32.2. The van der Waals surface area contributed by atoms with Crippen LogP contribution in [0.5, 0.6) is 0 Å². The molecule has 2 aliphatic heterocycles. The summed E-state index contributed by atoms with van der Waals surface area (Å²) in [5.74, 6) is 0.526. The van der Waals surface area contributed by atoms with Crippen molar-refractivity contribution in [3.05, 3.63) is 66.6 Å². The number of aliphatic hydroxyl groups is 1. The molecule has 200 valence electrons. The Morgan fingerprint density at radius 1 is 0.947 bits per heavy atom. The van der Waals surface area contributed by atoms with E-state index in [2.05, 4.69) is 20.6 Å². The first-order valence-electron chi connectivity index (χ1n) is 12.4. The van der Waals surface area contributed by atoms with Gasteiger partial charge in [0.15, 0.2) is 0 Å². The Morgan fingerprint density at radius 3 is 2.26 bits per heavy atom. The van der Waals surface area contributed by atoms with Gasteiger partial charge in [0.25, 0.3) is 0 Å². The molecular formula is C26H29FN6O4S. The van der Waals surface area contributed by atoms with Crippen LogP contribution in [0.2, 0.25) is 0 Å². The van der Waals surface area contributed by atoms with E-state index in [1.165, 1.54) is 28.6 Å². The first-order valence-corrected chi connectivity index (χ1v) is 13.9. The van der Waals surface area contributed by atoms with Crippen LogP contribution in [0.1, 0.15) is 25.7 Å². The lowest BCUT2D eigenvalue weighted by molar-refractivity contribution is -0.132. The van der Waals surface area contributed by atoms with E-state index in [0.29, 0.717) is 36.1 Å². The summed E-state index contributed by atoms with van der Waals surface area (Å²) >= 11 is 0. The summed E-state index contributed by atoms with van der Waals surface area (Å²) in [7, 11) is -3.74. The van der Waals surface area contributed by atoms with E-state index in [1.54, 1.807) is 41.4 Å². The van der Waals surface area contributed by atoms with Gasteiger partial charge in [0.05, 0.1) is 10.5 Å². The minimum atomic E-state index is -3.74. The standard InChI is InChI=1S/C26H29FN6O4S/c27-19-3-5-20(6-4-19)29-23-11-14-28-25(31-23)30-21-7-9-22(10-8-21)38(36,37)33-16-12-26(35,13-17-33)18-32-15-1-2-24(32)34/h3-11,14,35H,1-2,12-13,15-18H2,(H2,28,29,30,31). The molecular weight excluding hydrogens is 511 g/mol. The highest BCUT2D eigenvalue weighted by molar-refractivity contribution is 7.89. The van der Waals surface area contributed by atoms with Crippen molar-refractivity contribution < 1.29 is 22.7 Å². The third-order valence-corrected chi connectivity index (χ3v) is 8.74. The lowest BCUT2D eigenvalue weighted by Gasteiger charge is -2.39. The molecule has 3 heterocycles. The average molecular weight is 541 g/mol. The summed E-state index contributed by atoms with van der Waals surface area (Å²) in [6, 6.07) is 13.9. The molecule has 1 aromatic heterocycles. The second-order valence-electron chi connectivity index (χ2n) is 9.59. The van der Waals surface area contributed by atoms with Gasteiger partial charge in [-0.1, -0.05) is 0 Å². The summed E-state index contributed by atoms with van der Waals surface area (Å²) in [5, 5.41) is 17.1. The lowest BCUT2D eigenvalue weighted by Crippen LogP contribution is -2.52. The Hall–Kier alpha value is -3.61. The average Bonchev–Trinajstić information content (AvgIpc) is 3.30. The smallest absolute Gasteiger partial charge is 0.243 e. The van der Waals surface area contributed by atoms with Crippen molar-refractivity contribution in [3.8, 4) is 0 Å². The second-order valence-corrected chi connectivity index (χ2v) is 11.5. The van der Waals surface area contributed by atoms with Crippen LogP contribution >= 0.6 is 0 Å². The number of likely N-dealkylation sites (tertiary alicyclic amines) is 1. The van der Waals surface area contributed by atoms with Crippen molar-refractivity contribution >= 4 is 39.1 Å². The van der Waals surface area contributed by atoms with Crippen LogP contribution < -0.4 is 10.6 Å². The molecule has 3 aromatic rings. The zero-order valence-electron chi connectivity index (χ0n) is 20.7. The number of aromatic nitrogens is 2. The molecule has 0 bridgehead atoms. The molecule has 2 aliphatic rings.